The number of aromatic nitrogens is 1. The minimum atomic E-state index is 1.18. The quantitative estimate of drug-likeness (QED) is 0.380. The summed E-state index contributed by atoms with van der Waals surface area (Å²) < 4.78 is 2.27. The molecule has 0 bridgehead atoms. The van der Waals surface area contributed by atoms with Gasteiger partial charge in [-0.05, 0) is 6.42 Å². The average Bonchev–Trinajstić information content (AvgIpc) is 2.41. The highest BCUT2D eigenvalue weighted by molar-refractivity contribution is 4.83. The van der Waals surface area contributed by atoms with E-state index in [2.05, 4.69) is 42.1 Å². The lowest BCUT2D eigenvalue weighted by atomic mass is 10.1. The molecule has 0 saturated carbocycles. The van der Waals surface area contributed by atoms with Gasteiger partial charge in [0, 0.05) is 18.6 Å². The van der Waals surface area contributed by atoms with Crippen LogP contribution >= 0.6 is 0 Å². The van der Waals surface area contributed by atoms with Crippen LogP contribution < -0.4 is 4.57 Å². The second-order valence-corrected chi connectivity index (χ2v) is 4.23. The molecular formula is C15H24N2. The van der Waals surface area contributed by atoms with E-state index in [-0.39, 0.29) is 0 Å². The maximum atomic E-state index is 6.25. The molecule has 0 aromatic carbocycles. The Morgan fingerprint density at radius 3 is 1.94 bits per heavy atom. The van der Waals surface area contributed by atoms with Gasteiger partial charge < -0.3 is 11.8 Å². The summed E-state index contributed by atoms with van der Waals surface area (Å²) >= 11 is 0. The van der Waals surface area contributed by atoms with Gasteiger partial charge in [-0.1, -0.05) is 45.1 Å². The number of pyridine rings is 1. The molecule has 1 aromatic heterocycles. The Labute approximate surface area is 106 Å². The van der Waals surface area contributed by atoms with E-state index in [4.69, 9.17) is 11.8 Å². The second kappa shape index (κ2) is 12.7. The lowest BCUT2D eigenvalue weighted by Crippen LogP contribution is -2.32. The summed E-state index contributed by atoms with van der Waals surface area (Å²) in [6, 6.07) is 6.27. The molecule has 1 rings (SSSR count). The van der Waals surface area contributed by atoms with Crippen LogP contribution in [0, 0.1) is 11.8 Å². The van der Waals surface area contributed by atoms with Crippen molar-refractivity contribution < 1.29 is 4.57 Å². The minimum Gasteiger partial charge on any atom is -0.512 e. The van der Waals surface area contributed by atoms with Gasteiger partial charge in [-0.2, -0.15) is 0 Å². The van der Waals surface area contributed by atoms with Gasteiger partial charge in [-0.25, -0.2) is 4.57 Å². The molecule has 17 heavy (non-hydrogen) atoms. The van der Waals surface area contributed by atoms with Crippen LogP contribution in [0.1, 0.15) is 51.9 Å². The molecule has 0 aliphatic heterocycles. The maximum Gasteiger partial charge on any atom is 0.168 e. The minimum absolute atomic E-state index is 1.18. The number of rotatable bonds is 8. The predicted octanol–water partition coefficient (Wildman–Crippen LogP) is 3.82. The third-order valence-corrected chi connectivity index (χ3v) is 2.80. The first-order chi connectivity index (χ1) is 8.43. The highest BCUT2D eigenvalue weighted by atomic mass is 14.9. The molecule has 0 atom stereocenters. The van der Waals surface area contributed by atoms with Crippen LogP contribution in [0.15, 0.2) is 30.6 Å². The van der Waals surface area contributed by atoms with E-state index in [9.17, 15) is 0 Å². The van der Waals surface area contributed by atoms with Gasteiger partial charge in [-0.15, -0.1) is 0 Å². The van der Waals surface area contributed by atoms with E-state index in [0.29, 0.717) is 0 Å². The molecule has 0 radical (unpaired) electrons. The molecule has 1 heterocycles. The number of hydrogen-bond donors (Lipinski definition) is 0. The highest BCUT2D eigenvalue weighted by Gasteiger charge is 1.97. The van der Waals surface area contributed by atoms with Crippen LogP contribution in [0.5, 0.6) is 0 Å². The fourth-order valence-corrected chi connectivity index (χ4v) is 1.83. The van der Waals surface area contributed by atoms with Gasteiger partial charge in [-0.3, -0.25) is 0 Å². The number of nitrogens with zero attached hydrogens (tertiary/aromatic N) is 2. The SMILES string of the molecule is CCCCCCCCC[n+]1ccccc1.[C-]#N. The third kappa shape index (κ3) is 9.56. The molecule has 1 aromatic rings. The summed E-state index contributed by atoms with van der Waals surface area (Å²) in [5.74, 6) is 0. The molecule has 2 heteroatoms. The summed E-state index contributed by atoms with van der Waals surface area (Å²) in [7, 11) is 0. The zero-order chi connectivity index (χ0) is 12.8. The van der Waals surface area contributed by atoms with Crippen LogP contribution in [0.25, 0.3) is 0 Å². The molecule has 0 aliphatic carbocycles. The predicted molar refractivity (Wildman–Crippen MR) is 69.6 cm³/mol. The fraction of sp³-hybridized carbons (Fsp3) is 0.600. The van der Waals surface area contributed by atoms with E-state index >= 15 is 0 Å². The van der Waals surface area contributed by atoms with Crippen molar-refractivity contribution in [3.05, 3.63) is 37.2 Å². The van der Waals surface area contributed by atoms with Gasteiger partial charge in [0.15, 0.2) is 12.4 Å². The molecule has 0 unspecified atom stereocenters. The Kier molecular flexibility index (Phi) is 11.7. The third-order valence-electron chi connectivity index (χ3n) is 2.80. The average molecular weight is 232 g/mol. The van der Waals surface area contributed by atoms with Crippen LogP contribution in [0.2, 0.25) is 0 Å². The summed E-state index contributed by atoms with van der Waals surface area (Å²) in [5, 5.41) is 6.25. The molecule has 0 saturated heterocycles. The van der Waals surface area contributed by atoms with Gasteiger partial charge in [0.1, 0.15) is 6.54 Å². The molecule has 2 nitrogen and oxygen atoms in total. The van der Waals surface area contributed by atoms with Gasteiger partial charge in [0.25, 0.3) is 0 Å². The molecule has 0 N–H and O–H groups in total. The molecule has 94 valence electrons. The van der Waals surface area contributed by atoms with Crippen molar-refractivity contribution in [2.24, 2.45) is 0 Å². The van der Waals surface area contributed by atoms with Gasteiger partial charge in [0.05, 0.1) is 0 Å². The van der Waals surface area contributed by atoms with Crippen molar-refractivity contribution in [3.8, 4) is 0 Å². The van der Waals surface area contributed by atoms with Crippen molar-refractivity contribution in [1.82, 2.24) is 0 Å². The first-order valence-electron chi connectivity index (χ1n) is 6.60. The zero-order valence-corrected chi connectivity index (χ0v) is 10.9. The van der Waals surface area contributed by atoms with E-state index in [1.165, 1.54) is 51.5 Å². The Morgan fingerprint density at radius 1 is 0.824 bits per heavy atom. The van der Waals surface area contributed by atoms with Crippen molar-refractivity contribution >= 4 is 0 Å². The fourth-order valence-electron chi connectivity index (χ4n) is 1.83. The second-order valence-electron chi connectivity index (χ2n) is 4.23. The molecule has 0 fully saturated rings. The van der Waals surface area contributed by atoms with Gasteiger partial charge in [0.2, 0.25) is 0 Å². The van der Waals surface area contributed by atoms with Crippen LogP contribution in [0.3, 0.4) is 0 Å². The Morgan fingerprint density at radius 2 is 1.35 bits per heavy atom. The normalized spacial score (nSPS) is 9.35. The monoisotopic (exact) mass is 232 g/mol. The van der Waals surface area contributed by atoms with E-state index in [1.54, 1.807) is 0 Å². The topological polar surface area (TPSA) is 27.7 Å². The van der Waals surface area contributed by atoms with Crippen molar-refractivity contribution in [2.75, 3.05) is 0 Å². The van der Waals surface area contributed by atoms with Gasteiger partial charge >= 0.3 is 0 Å². The first-order valence-corrected chi connectivity index (χ1v) is 6.60. The van der Waals surface area contributed by atoms with Crippen molar-refractivity contribution in [3.63, 3.8) is 0 Å². The number of hydrogen-bond acceptors (Lipinski definition) is 1. The van der Waals surface area contributed by atoms with E-state index in [0.717, 1.165) is 0 Å². The number of aryl methyl sites for hydroxylation is 1. The lowest BCUT2D eigenvalue weighted by molar-refractivity contribution is -0.697. The zero-order valence-electron chi connectivity index (χ0n) is 10.9. The van der Waals surface area contributed by atoms with Crippen LogP contribution in [-0.4, -0.2) is 0 Å². The summed E-state index contributed by atoms with van der Waals surface area (Å²) in [5.41, 5.74) is 0. The molecule has 0 amide bonds. The Balaban J connectivity index is 0.00000121. The molecular weight excluding hydrogens is 208 g/mol. The largest absolute Gasteiger partial charge is 0.512 e. The van der Waals surface area contributed by atoms with Crippen molar-refractivity contribution in [2.45, 2.75) is 58.4 Å². The summed E-state index contributed by atoms with van der Waals surface area (Å²) in [6.45, 7) is 8.20. The molecule has 0 aliphatic rings. The van der Waals surface area contributed by atoms with E-state index in [1.807, 2.05) is 0 Å². The highest BCUT2D eigenvalue weighted by Crippen LogP contribution is 2.06. The maximum absolute atomic E-state index is 6.25. The standard InChI is InChI=1S/C14H24N.CN/c1-2-3-4-5-6-7-9-12-15-13-10-8-11-14-15;1-2/h8,10-11,13-14H,2-7,9,12H2,1H3;/q+1;-1. The summed E-state index contributed by atoms with van der Waals surface area (Å²) in [4.78, 5) is 0. The lowest BCUT2D eigenvalue weighted by Gasteiger charge is -1.99. The van der Waals surface area contributed by atoms with Crippen molar-refractivity contribution in [1.29, 1.82) is 5.26 Å². The smallest absolute Gasteiger partial charge is 0.168 e. The summed E-state index contributed by atoms with van der Waals surface area (Å²) in [6.07, 6.45) is 14.0. The Hall–Kier alpha value is -1.36. The molecule has 0 spiro atoms. The van der Waals surface area contributed by atoms with Crippen LogP contribution in [-0.2, 0) is 6.54 Å². The first kappa shape index (κ1) is 15.6. The van der Waals surface area contributed by atoms with E-state index < -0.39 is 0 Å². The Bertz CT molecular complexity index is 267. The number of unbranched alkanes of at least 4 members (excludes halogenated alkanes) is 6. The van der Waals surface area contributed by atoms with Crippen LogP contribution in [0.4, 0.5) is 0 Å².